The average molecular weight is 249 g/mol. The van der Waals surface area contributed by atoms with Gasteiger partial charge in [-0.2, -0.15) is 0 Å². The van der Waals surface area contributed by atoms with Gasteiger partial charge < -0.3 is 5.73 Å². The minimum absolute atomic E-state index is 0.136. The summed E-state index contributed by atoms with van der Waals surface area (Å²) in [5.74, 6) is -0.136. The quantitative estimate of drug-likeness (QED) is 0.859. The molecular formula is C14H16FNS. The first kappa shape index (κ1) is 12.3. The van der Waals surface area contributed by atoms with Crippen LogP contribution in [-0.2, 0) is 0 Å². The van der Waals surface area contributed by atoms with E-state index in [1.54, 1.807) is 25.2 Å². The normalized spacial score (nSPS) is 12.8. The third-order valence-electron chi connectivity index (χ3n) is 2.89. The number of benzene rings is 1. The topological polar surface area (TPSA) is 26.0 Å². The SMILES string of the molecule is Cc1ccc(C(N)c2cc(C)c(F)c(C)c2)s1. The number of halogens is 1. The molecule has 1 heterocycles. The van der Waals surface area contributed by atoms with Crippen LogP contribution < -0.4 is 5.73 Å². The molecule has 0 aliphatic rings. The molecule has 1 atom stereocenters. The van der Waals surface area contributed by atoms with Crippen molar-refractivity contribution in [3.05, 3.63) is 56.5 Å². The van der Waals surface area contributed by atoms with Gasteiger partial charge in [0.15, 0.2) is 0 Å². The lowest BCUT2D eigenvalue weighted by Crippen LogP contribution is -2.11. The van der Waals surface area contributed by atoms with Gasteiger partial charge in [-0.3, -0.25) is 0 Å². The molecular weight excluding hydrogens is 233 g/mol. The molecule has 2 N–H and O–H groups in total. The molecule has 1 nitrogen and oxygen atoms in total. The fourth-order valence-corrected chi connectivity index (χ4v) is 2.85. The number of rotatable bonds is 2. The Morgan fingerprint density at radius 1 is 1.12 bits per heavy atom. The molecule has 90 valence electrons. The Balaban J connectivity index is 2.41. The second-order valence-corrected chi connectivity index (χ2v) is 5.71. The van der Waals surface area contributed by atoms with Gasteiger partial charge in [-0.15, -0.1) is 11.3 Å². The van der Waals surface area contributed by atoms with Crippen LogP contribution in [-0.4, -0.2) is 0 Å². The van der Waals surface area contributed by atoms with Crippen LogP contribution in [0.25, 0.3) is 0 Å². The minimum atomic E-state index is -0.160. The first-order chi connectivity index (χ1) is 7.99. The summed E-state index contributed by atoms with van der Waals surface area (Å²) in [5.41, 5.74) is 8.49. The third-order valence-corrected chi connectivity index (χ3v) is 3.97. The van der Waals surface area contributed by atoms with Crippen molar-refractivity contribution >= 4 is 11.3 Å². The number of hydrogen-bond acceptors (Lipinski definition) is 2. The van der Waals surface area contributed by atoms with E-state index in [4.69, 9.17) is 5.73 Å². The maximum absolute atomic E-state index is 13.5. The molecule has 0 aliphatic heterocycles. The van der Waals surface area contributed by atoms with Gasteiger partial charge in [0.05, 0.1) is 6.04 Å². The van der Waals surface area contributed by atoms with Crippen molar-refractivity contribution < 1.29 is 4.39 Å². The Bertz CT molecular complexity index is 522. The van der Waals surface area contributed by atoms with Crippen molar-refractivity contribution in [3.8, 4) is 0 Å². The Kier molecular flexibility index (Phi) is 3.31. The predicted octanol–water partition coefficient (Wildman–Crippen LogP) is 3.86. The molecule has 0 aliphatic carbocycles. The van der Waals surface area contributed by atoms with E-state index in [0.29, 0.717) is 11.1 Å². The Morgan fingerprint density at radius 2 is 1.71 bits per heavy atom. The molecule has 0 bridgehead atoms. The average Bonchev–Trinajstić information content (AvgIpc) is 2.71. The highest BCUT2D eigenvalue weighted by molar-refractivity contribution is 7.12. The van der Waals surface area contributed by atoms with Gasteiger partial charge in [-0.1, -0.05) is 12.1 Å². The van der Waals surface area contributed by atoms with Crippen molar-refractivity contribution in [1.29, 1.82) is 0 Å². The lowest BCUT2D eigenvalue weighted by atomic mass is 10.0. The summed E-state index contributed by atoms with van der Waals surface area (Å²) in [6, 6.07) is 7.61. The van der Waals surface area contributed by atoms with Crippen LogP contribution in [0.3, 0.4) is 0 Å². The van der Waals surface area contributed by atoms with Crippen molar-refractivity contribution in [3.63, 3.8) is 0 Å². The van der Waals surface area contributed by atoms with E-state index in [0.717, 1.165) is 10.4 Å². The van der Waals surface area contributed by atoms with Gasteiger partial charge in [0, 0.05) is 9.75 Å². The minimum Gasteiger partial charge on any atom is -0.320 e. The predicted molar refractivity (Wildman–Crippen MR) is 71.0 cm³/mol. The second kappa shape index (κ2) is 4.59. The zero-order valence-corrected chi connectivity index (χ0v) is 11.1. The lowest BCUT2D eigenvalue weighted by molar-refractivity contribution is 0.607. The van der Waals surface area contributed by atoms with E-state index >= 15 is 0 Å². The first-order valence-electron chi connectivity index (χ1n) is 5.57. The molecule has 1 aromatic carbocycles. The van der Waals surface area contributed by atoms with E-state index in [-0.39, 0.29) is 11.9 Å². The molecule has 0 spiro atoms. The van der Waals surface area contributed by atoms with E-state index in [9.17, 15) is 4.39 Å². The van der Waals surface area contributed by atoms with Crippen LogP contribution in [0.15, 0.2) is 24.3 Å². The molecule has 0 radical (unpaired) electrons. The number of hydrogen-bond donors (Lipinski definition) is 1. The lowest BCUT2D eigenvalue weighted by Gasteiger charge is -2.13. The molecule has 0 amide bonds. The van der Waals surface area contributed by atoms with E-state index < -0.39 is 0 Å². The van der Waals surface area contributed by atoms with Crippen molar-refractivity contribution in [1.82, 2.24) is 0 Å². The summed E-state index contributed by atoms with van der Waals surface area (Å²) >= 11 is 1.69. The van der Waals surface area contributed by atoms with Crippen LogP contribution in [0.5, 0.6) is 0 Å². The van der Waals surface area contributed by atoms with Crippen LogP contribution in [0.4, 0.5) is 4.39 Å². The second-order valence-electron chi connectivity index (χ2n) is 4.39. The Labute approximate surface area is 105 Å². The maximum atomic E-state index is 13.5. The number of nitrogens with two attached hydrogens (primary N) is 1. The smallest absolute Gasteiger partial charge is 0.129 e. The van der Waals surface area contributed by atoms with Crippen molar-refractivity contribution in [2.45, 2.75) is 26.8 Å². The number of thiophene rings is 1. The summed E-state index contributed by atoms with van der Waals surface area (Å²) in [5, 5.41) is 0. The van der Waals surface area contributed by atoms with Gasteiger partial charge in [-0.05, 0) is 49.6 Å². The van der Waals surface area contributed by atoms with E-state index in [1.165, 1.54) is 4.88 Å². The van der Waals surface area contributed by atoms with E-state index in [1.807, 2.05) is 18.2 Å². The molecule has 1 aromatic heterocycles. The summed E-state index contributed by atoms with van der Waals surface area (Å²) in [6.07, 6.45) is 0. The van der Waals surface area contributed by atoms with Crippen LogP contribution in [0, 0.1) is 26.6 Å². The van der Waals surface area contributed by atoms with Gasteiger partial charge in [0.2, 0.25) is 0 Å². The highest BCUT2D eigenvalue weighted by atomic mass is 32.1. The first-order valence-corrected chi connectivity index (χ1v) is 6.39. The Hall–Kier alpha value is -1.19. The molecule has 0 fully saturated rings. The largest absolute Gasteiger partial charge is 0.320 e. The molecule has 3 heteroatoms. The van der Waals surface area contributed by atoms with Crippen LogP contribution >= 0.6 is 11.3 Å². The zero-order chi connectivity index (χ0) is 12.6. The summed E-state index contributed by atoms with van der Waals surface area (Å²) < 4.78 is 13.5. The van der Waals surface area contributed by atoms with Gasteiger partial charge in [0.1, 0.15) is 5.82 Å². The van der Waals surface area contributed by atoms with Crippen LogP contribution in [0.2, 0.25) is 0 Å². The van der Waals surface area contributed by atoms with Gasteiger partial charge in [-0.25, -0.2) is 4.39 Å². The maximum Gasteiger partial charge on any atom is 0.129 e. The summed E-state index contributed by atoms with van der Waals surface area (Å²) in [7, 11) is 0. The zero-order valence-electron chi connectivity index (χ0n) is 10.3. The van der Waals surface area contributed by atoms with E-state index in [2.05, 4.69) is 13.0 Å². The molecule has 1 unspecified atom stereocenters. The fourth-order valence-electron chi connectivity index (χ4n) is 1.94. The molecule has 2 rings (SSSR count). The highest BCUT2D eigenvalue weighted by Crippen LogP contribution is 2.28. The fraction of sp³-hybridized carbons (Fsp3) is 0.286. The molecule has 2 aromatic rings. The van der Waals surface area contributed by atoms with Gasteiger partial charge in [0.25, 0.3) is 0 Å². The number of aryl methyl sites for hydroxylation is 3. The molecule has 0 saturated heterocycles. The molecule has 17 heavy (non-hydrogen) atoms. The third kappa shape index (κ3) is 2.40. The van der Waals surface area contributed by atoms with Crippen molar-refractivity contribution in [2.75, 3.05) is 0 Å². The molecule has 0 saturated carbocycles. The summed E-state index contributed by atoms with van der Waals surface area (Å²) in [6.45, 7) is 5.61. The van der Waals surface area contributed by atoms with Crippen molar-refractivity contribution in [2.24, 2.45) is 5.73 Å². The highest BCUT2D eigenvalue weighted by Gasteiger charge is 2.13. The standard InChI is InChI=1S/C14H16FNS/c1-8-6-11(7-9(2)13(8)15)14(16)12-5-4-10(3)17-12/h4-7,14H,16H2,1-3H3. The van der Waals surface area contributed by atoms with Gasteiger partial charge >= 0.3 is 0 Å². The summed E-state index contributed by atoms with van der Waals surface area (Å²) in [4.78, 5) is 2.36. The Morgan fingerprint density at radius 3 is 2.18 bits per heavy atom. The van der Waals surface area contributed by atoms with Crippen LogP contribution in [0.1, 0.15) is 32.5 Å². The monoisotopic (exact) mass is 249 g/mol.